The Kier molecular flexibility index (Phi) is 3.21. The molecule has 0 fully saturated rings. The molecule has 0 aromatic rings. The lowest BCUT2D eigenvalue weighted by atomic mass is 9.98. The van der Waals surface area contributed by atoms with Crippen molar-refractivity contribution in [2.45, 2.75) is 6.82 Å². The highest BCUT2D eigenvalue weighted by Crippen LogP contribution is 1.93. The molecule has 6 heavy (non-hydrogen) atoms. The molecule has 0 heterocycles. The monoisotopic (exact) mass is 197 g/mol. The van der Waals surface area contributed by atoms with Crippen LogP contribution < -0.4 is 0 Å². The van der Waals surface area contributed by atoms with Gasteiger partial charge in [0.15, 0.2) is 0 Å². The van der Waals surface area contributed by atoms with Crippen molar-refractivity contribution in [1.29, 1.82) is 0 Å². The molecule has 0 saturated carbocycles. The van der Waals surface area contributed by atoms with E-state index in [0.717, 1.165) is 0 Å². The summed E-state index contributed by atoms with van der Waals surface area (Å²) in [6, 6.07) is 0. The van der Waals surface area contributed by atoms with Crippen LogP contribution in [0.15, 0.2) is 0 Å². The van der Waals surface area contributed by atoms with Crippen LogP contribution in [0, 0.1) is 0 Å². The first-order valence-electron chi connectivity index (χ1n) is 1.95. The molecule has 0 atom stereocenters. The van der Waals surface area contributed by atoms with Crippen LogP contribution >= 0.6 is 22.4 Å². The average molecular weight is 197 g/mol. The number of nitrogens with zero attached hydrogens (tertiary/aromatic N) is 1. The highest BCUT2D eigenvalue weighted by atomic mass is 127. The second-order valence-corrected chi connectivity index (χ2v) is 3.34. The van der Waals surface area contributed by atoms with Gasteiger partial charge in [-0.05, 0) is 14.1 Å². The van der Waals surface area contributed by atoms with Crippen LogP contribution in [0.3, 0.4) is 0 Å². The van der Waals surface area contributed by atoms with Crippen molar-refractivity contribution in [3.63, 3.8) is 0 Å². The predicted molar refractivity (Wildman–Crippen MR) is 39.3 cm³/mol. The van der Waals surface area contributed by atoms with E-state index in [1.165, 1.54) is 0 Å². The summed E-state index contributed by atoms with van der Waals surface area (Å²) in [6.07, 6.45) is 0. The van der Waals surface area contributed by atoms with Gasteiger partial charge >= 0.3 is 0 Å². The van der Waals surface area contributed by atoms with E-state index in [1.54, 1.807) is 0 Å². The van der Waals surface area contributed by atoms with Crippen molar-refractivity contribution in [3.05, 3.63) is 0 Å². The summed E-state index contributed by atoms with van der Waals surface area (Å²) in [5, 5.41) is 0. The van der Waals surface area contributed by atoms with Crippen LogP contribution in [0.4, 0.5) is 0 Å². The molecule has 0 aliphatic carbocycles. The Balaban J connectivity index is 2.99. The fraction of sp³-hybridized carbons (Fsp3) is 1.00. The maximum Gasteiger partial charge on any atom is 0.294 e. The van der Waals surface area contributed by atoms with Crippen molar-refractivity contribution in [3.8, 4) is 0 Å². The molecule has 0 aliphatic rings. The number of rotatable bonds is 1. The molecule has 0 radical (unpaired) electrons. The van der Waals surface area contributed by atoms with Gasteiger partial charge in [-0.1, -0.05) is 6.82 Å². The molecule has 36 valence electrons. The van der Waals surface area contributed by atoms with E-state index >= 15 is 0 Å². The smallest absolute Gasteiger partial charge is 0.294 e. The number of hydrogen-bond acceptors (Lipinski definition) is 1. The maximum absolute atomic E-state index is 2.36. The van der Waals surface area contributed by atoms with Crippen LogP contribution in [0.1, 0.15) is 0 Å². The van der Waals surface area contributed by atoms with Gasteiger partial charge in [0.1, 0.15) is 0 Å². The van der Waals surface area contributed by atoms with Crippen molar-refractivity contribution in [2.24, 2.45) is 0 Å². The first-order chi connectivity index (χ1) is 2.64. The van der Waals surface area contributed by atoms with Gasteiger partial charge < -0.3 is 4.81 Å². The summed E-state index contributed by atoms with van der Waals surface area (Å²) >= 11 is 2.36. The molecule has 0 unspecified atom stereocenters. The minimum absolute atomic E-state index is 0.655. The number of hydrogen-bond donors (Lipinski definition) is 0. The summed E-state index contributed by atoms with van der Waals surface area (Å²) in [7, 11) is 4.13. The minimum atomic E-state index is 0.655. The number of halogens is 1. The summed E-state index contributed by atoms with van der Waals surface area (Å²) < 4.78 is 0.655. The quantitative estimate of drug-likeness (QED) is 0.449. The third-order valence-corrected chi connectivity index (χ3v) is 1.83. The van der Waals surface area contributed by atoms with Gasteiger partial charge in [0.05, 0.1) is 0 Å². The van der Waals surface area contributed by atoms with Crippen LogP contribution in [0.2, 0.25) is 6.82 Å². The van der Waals surface area contributed by atoms with E-state index < -0.39 is 0 Å². The highest BCUT2D eigenvalue weighted by Gasteiger charge is 2.00. The Labute approximate surface area is 53.1 Å². The molecule has 0 aromatic carbocycles. The van der Waals surface area contributed by atoms with Gasteiger partial charge in [-0.3, -0.25) is 0 Å². The molecule has 0 aromatic heterocycles. The molecule has 0 N–H and O–H groups in total. The first-order valence-corrected chi connectivity index (χ1v) is 3.19. The average Bonchev–Trinajstić information content (AvgIpc) is 1.36. The van der Waals surface area contributed by atoms with Crippen LogP contribution in [-0.2, 0) is 0 Å². The third-order valence-electron chi connectivity index (χ3n) is 0.712. The Hall–Kier alpha value is 0.755. The highest BCUT2D eigenvalue weighted by molar-refractivity contribution is 14.1. The van der Waals surface area contributed by atoms with Crippen LogP contribution in [0.25, 0.3) is 0 Å². The van der Waals surface area contributed by atoms with Gasteiger partial charge in [-0.2, -0.15) is 0 Å². The molecular weight excluding hydrogens is 188 g/mol. The van der Waals surface area contributed by atoms with E-state index in [9.17, 15) is 0 Å². The lowest BCUT2D eigenvalue weighted by molar-refractivity contribution is 0.662. The molecule has 0 amide bonds. The summed E-state index contributed by atoms with van der Waals surface area (Å²) in [5.41, 5.74) is 0. The van der Waals surface area contributed by atoms with Crippen LogP contribution in [-0.4, -0.2) is 23.6 Å². The third kappa shape index (κ3) is 2.97. The Bertz CT molecular complexity index is 31.8. The van der Waals surface area contributed by atoms with Gasteiger partial charge in [-0.15, -0.1) is 22.4 Å². The van der Waals surface area contributed by atoms with Crippen molar-refractivity contribution >= 4 is 27.1 Å². The van der Waals surface area contributed by atoms with Gasteiger partial charge in [0.25, 0.3) is 4.70 Å². The summed E-state index contributed by atoms with van der Waals surface area (Å²) in [6.45, 7) is 2.15. The first kappa shape index (κ1) is 6.75. The molecule has 0 bridgehead atoms. The molecule has 3 heteroatoms. The summed E-state index contributed by atoms with van der Waals surface area (Å²) in [4.78, 5) is 2.15. The zero-order valence-corrected chi connectivity index (χ0v) is 6.56. The molecular formula is C3H9BIN. The minimum Gasteiger partial charge on any atom is -0.339 e. The fourth-order valence-corrected chi connectivity index (χ4v) is 0. The lowest BCUT2D eigenvalue weighted by Crippen LogP contribution is -2.22. The molecule has 0 spiro atoms. The standard InChI is InChI=1S/C3H9BIN/c1-4(5)6(2)3/h1-3H3. The predicted octanol–water partition coefficient (Wildman–Crippen LogP) is 1.10. The molecule has 0 rings (SSSR count). The largest absolute Gasteiger partial charge is 0.339 e. The SMILES string of the molecule is CB(I)N(C)C. The van der Waals surface area contributed by atoms with Crippen molar-refractivity contribution in [2.75, 3.05) is 14.1 Å². The zero-order chi connectivity index (χ0) is 5.15. The molecule has 0 saturated heterocycles. The normalized spacial score (nSPS) is 9.50. The fourth-order valence-electron chi connectivity index (χ4n) is 0. The van der Waals surface area contributed by atoms with Gasteiger partial charge in [0, 0.05) is 0 Å². The van der Waals surface area contributed by atoms with E-state index in [-0.39, 0.29) is 0 Å². The second kappa shape index (κ2) is 2.85. The Morgan fingerprint density at radius 3 is 1.67 bits per heavy atom. The van der Waals surface area contributed by atoms with E-state index in [1.807, 2.05) is 0 Å². The molecule has 1 nitrogen and oxygen atoms in total. The topological polar surface area (TPSA) is 3.24 Å². The van der Waals surface area contributed by atoms with Crippen molar-refractivity contribution < 1.29 is 0 Å². The van der Waals surface area contributed by atoms with Crippen LogP contribution in [0.5, 0.6) is 0 Å². The maximum atomic E-state index is 2.36. The van der Waals surface area contributed by atoms with Crippen molar-refractivity contribution in [1.82, 2.24) is 4.81 Å². The van der Waals surface area contributed by atoms with E-state index in [2.05, 4.69) is 48.1 Å². The Morgan fingerprint density at radius 1 is 1.50 bits per heavy atom. The zero-order valence-electron chi connectivity index (χ0n) is 4.40. The lowest BCUT2D eigenvalue weighted by Gasteiger charge is -2.06. The van der Waals surface area contributed by atoms with Gasteiger partial charge in [0.2, 0.25) is 0 Å². The Morgan fingerprint density at radius 2 is 1.67 bits per heavy atom. The van der Waals surface area contributed by atoms with E-state index in [0.29, 0.717) is 4.70 Å². The summed E-state index contributed by atoms with van der Waals surface area (Å²) in [5.74, 6) is 0. The molecule has 0 aliphatic heterocycles. The second-order valence-electron chi connectivity index (χ2n) is 1.54. The van der Waals surface area contributed by atoms with E-state index in [4.69, 9.17) is 0 Å². The van der Waals surface area contributed by atoms with Gasteiger partial charge in [-0.25, -0.2) is 0 Å².